The van der Waals surface area contributed by atoms with Gasteiger partial charge in [-0.25, -0.2) is 4.98 Å². The molecule has 2 aliphatic rings. The average molecular weight is 362 g/mol. The second-order valence-electron chi connectivity index (χ2n) is 6.54. The van der Waals surface area contributed by atoms with Gasteiger partial charge in [-0.3, -0.25) is 9.59 Å². The zero-order chi connectivity index (χ0) is 16.7. The average Bonchev–Trinajstić information content (AvgIpc) is 3.00. The molecule has 4 rings (SSSR count). The van der Waals surface area contributed by atoms with Crippen molar-refractivity contribution in [2.24, 2.45) is 17.8 Å². The smallest absolute Gasteiger partial charge is 0.308 e. The minimum absolute atomic E-state index is 0.00701. The zero-order valence-corrected chi connectivity index (χ0v) is 14.7. The van der Waals surface area contributed by atoms with Crippen LogP contribution in [-0.2, 0) is 16.0 Å². The number of thiazole rings is 1. The van der Waals surface area contributed by atoms with E-state index in [2.05, 4.69) is 4.98 Å². The maximum absolute atomic E-state index is 12.6. The van der Waals surface area contributed by atoms with Gasteiger partial charge < -0.3 is 10.0 Å². The van der Waals surface area contributed by atoms with Crippen molar-refractivity contribution in [1.82, 2.24) is 9.88 Å². The molecule has 1 saturated carbocycles. The molecular formula is C17H18N2O3S2. The summed E-state index contributed by atoms with van der Waals surface area (Å²) in [4.78, 5) is 31.4. The van der Waals surface area contributed by atoms with E-state index in [4.69, 9.17) is 0 Å². The Morgan fingerprint density at radius 3 is 2.79 bits per heavy atom. The number of carbonyl (C=O) groups is 2. The van der Waals surface area contributed by atoms with Gasteiger partial charge in [0.15, 0.2) is 0 Å². The summed E-state index contributed by atoms with van der Waals surface area (Å²) < 4.78 is 0. The highest BCUT2D eigenvalue weighted by Crippen LogP contribution is 2.44. The molecule has 7 heteroatoms. The number of aliphatic carboxylic acids is 1. The summed E-state index contributed by atoms with van der Waals surface area (Å²) in [6.07, 6.45) is 2.46. The van der Waals surface area contributed by atoms with Crippen molar-refractivity contribution in [2.75, 3.05) is 13.1 Å². The number of carboxylic acid groups (broad SMARTS) is 1. The molecule has 1 N–H and O–H groups in total. The number of carboxylic acids is 1. The first kappa shape index (κ1) is 15.8. The van der Waals surface area contributed by atoms with E-state index in [-0.39, 0.29) is 18.2 Å². The van der Waals surface area contributed by atoms with Crippen LogP contribution in [0.2, 0.25) is 0 Å². The lowest BCUT2D eigenvalue weighted by Crippen LogP contribution is -2.31. The van der Waals surface area contributed by atoms with Crippen molar-refractivity contribution in [2.45, 2.75) is 19.3 Å². The van der Waals surface area contributed by atoms with Gasteiger partial charge in [-0.15, -0.1) is 22.7 Å². The van der Waals surface area contributed by atoms with Crippen molar-refractivity contribution in [3.63, 3.8) is 0 Å². The first-order valence-electron chi connectivity index (χ1n) is 8.10. The zero-order valence-electron chi connectivity index (χ0n) is 13.1. The maximum Gasteiger partial charge on any atom is 0.308 e. The van der Waals surface area contributed by atoms with Crippen LogP contribution >= 0.6 is 22.7 Å². The molecule has 2 aromatic heterocycles. The predicted molar refractivity (Wildman–Crippen MR) is 93.1 cm³/mol. The summed E-state index contributed by atoms with van der Waals surface area (Å²) in [6.45, 7) is 0.930. The highest BCUT2D eigenvalue weighted by atomic mass is 32.1. The van der Waals surface area contributed by atoms with Gasteiger partial charge in [-0.2, -0.15) is 0 Å². The summed E-state index contributed by atoms with van der Waals surface area (Å²) >= 11 is 3.18. The minimum Gasteiger partial charge on any atom is -0.481 e. The monoisotopic (exact) mass is 362 g/mol. The molecule has 5 nitrogen and oxygen atoms in total. The molecular weight excluding hydrogens is 344 g/mol. The van der Waals surface area contributed by atoms with E-state index >= 15 is 0 Å². The van der Waals surface area contributed by atoms with Crippen molar-refractivity contribution in [1.29, 1.82) is 0 Å². The Morgan fingerprint density at radius 2 is 2.12 bits per heavy atom. The van der Waals surface area contributed by atoms with Crippen molar-refractivity contribution in [3.05, 3.63) is 28.6 Å². The number of nitrogens with zero attached hydrogens (tertiary/aromatic N) is 2. The molecule has 0 aromatic carbocycles. The maximum atomic E-state index is 12.6. The van der Waals surface area contributed by atoms with Crippen molar-refractivity contribution in [3.8, 4) is 9.88 Å². The first-order valence-corrected chi connectivity index (χ1v) is 9.86. The van der Waals surface area contributed by atoms with Crippen LogP contribution in [0, 0.1) is 17.8 Å². The molecule has 24 heavy (non-hydrogen) atoms. The van der Waals surface area contributed by atoms with Gasteiger partial charge in [-0.1, -0.05) is 6.07 Å². The molecule has 126 valence electrons. The molecule has 2 fully saturated rings. The lowest BCUT2D eigenvalue weighted by molar-refractivity contribution is -0.142. The second-order valence-corrected chi connectivity index (χ2v) is 8.35. The van der Waals surface area contributed by atoms with E-state index in [0.29, 0.717) is 19.0 Å². The number of hydrogen-bond donors (Lipinski definition) is 1. The predicted octanol–water partition coefficient (Wildman–Crippen LogP) is 2.98. The molecule has 0 bridgehead atoms. The SMILES string of the molecule is O=C(O)[C@H]1CN(C(=O)Cc2csc(-c3cccs3)n2)C[C@@H]1C1CC1. The third-order valence-electron chi connectivity index (χ3n) is 4.88. The molecule has 2 atom stereocenters. The number of hydrogen-bond acceptors (Lipinski definition) is 5. The van der Waals surface area contributed by atoms with E-state index in [1.54, 1.807) is 27.6 Å². The fourth-order valence-electron chi connectivity index (χ4n) is 3.46. The lowest BCUT2D eigenvalue weighted by atomic mass is 9.92. The molecule has 1 amide bonds. The van der Waals surface area contributed by atoms with Gasteiger partial charge in [0.25, 0.3) is 0 Å². The molecule has 0 radical (unpaired) electrons. The van der Waals surface area contributed by atoms with Gasteiger partial charge in [0.1, 0.15) is 5.01 Å². The van der Waals surface area contributed by atoms with E-state index in [9.17, 15) is 14.7 Å². The van der Waals surface area contributed by atoms with Crippen LogP contribution in [0.25, 0.3) is 9.88 Å². The Hall–Kier alpha value is -1.73. The fourth-order valence-corrected chi connectivity index (χ4v) is 5.10. The number of thiophene rings is 1. The number of carbonyl (C=O) groups excluding carboxylic acids is 1. The minimum atomic E-state index is -0.768. The molecule has 1 aliphatic carbocycles. The van der Waals surface area contributed by atoms with Crippen LogP contribution in [0.1, 0.15) is 18.5 Å². The quantitative estimate of drug-likeness (QED) is 0.888. The Balaban J connectivity index is 1.42. The van der Waals surface area contributed by atoms with Gasteiger partial charge in [0.05, 0.1) is 22.9 Å². The third-order valence-corrected chi connectivity index (χ3v) is 6.81. The summed E-state index contributed by atoms with van der Waals surface area (Å²) in [7, 11) is 0. The summed E-state index contributed by atoms with van der Waals surface area (Å²) in [5, 5.41) is 14.3. The normalized spacial score (nSPS) is 23.6. The largest absolute Gasteiger partial charge is 0.481 e. The van der Waals surface area contributed by atoms with E-state index in [1.807, 2.05) is 22.9 Å². The lowest BCUT2D eigenvalue weighted by Gasteiger charge is -2.15. The molecule has 1 aliphatic heterocycles. The molecule has 3 heterocycles. The Morgan fingerprint density at radius 1 is 1.29 bits per heavy atom. The standard InChI is InChI=1S/C17H18N2O3S2/c20-15(6-11-9-24-16(18-11)14-2-1-5-23-14)19-7-12(10-3-4-10)13(8-19)17(21)22/h1-2,5,9-10,12-13H,3-4,6-8H2,(H,21,22)/t12-,13+/m1/s1. The van der Waals surface area contributed by atoms with Gasteiger partial charge in [0.2, 0.25) is 5.91 Å². The van der Waals surface area contributed by atoms with Gasteiger partial charge in [0, 0.05) is 18.5 Å². The van der Waals surface area contributed by atoms with Gasteiger partial charge in [-0.05, 0) is 36.1 Å². The second kappa shape index (κ2) is 6.29. The van der Waals surface area contributed by atoms with Crippen LogP contribution in [0.15, 0.2) is 22.9 Å². The van der Waals surface area contributed by atoms with Crippen LogP contribution in [0.4, 0.5) is 0 Å². The molecule has 2 aromatic rings. The summed E-state index contributed by atoms with van der Waals surface area (Å²) in [6, 6.07) is 4.01. The number of likely N-dealkylation sites (tertiary alicyclic amines) is 1. The fraction of sp³-hybridized carbons (Fsp3) is 0.471. The van der Waals surface area contributed by atoms with Crippen molar-refractivity contribution < 1.29 is 14.7 Å². The van der Waals surface area contributed by atoms with Crippen LogP contribution < -0.4 is 0 Å². The van der Waals surface area contributed by atoms with Crippen LogP contribution in [0.5, 0.6) is 0 Å². The number of amides is 1. The van der Waals surface area contributed by atoms with E-state index in [0.717, 1.165) is 28.4 Å². The first-order chi connectivity index (χ1) is 11.6. The Bertz CT molecular complexity index is 752. The highest BCUT2D eigenvalue weighted by Gasteiger charge is 2.46. The Labute approximate surface area is 148 Å². The number of rotatable bonds is 5. The van der Waals surface area contributed by atoms with E-state index in [1.165, 1.54) is 0 Å². The van der Waals surface area contributed by atoms with Crippen LogP contribution in [-0.4, -0.2) is 40.0 Å². The van der Waals surface area contributed by atoms with Gasteiger partial charge >= 0.3 is 5.97 Å². The topological polar surface area (TPSA) is 70.5 Å². The molecule has 1 saturated heterocycles. The summed E-state index contributed by atoms with van der Waals surface area (Å²) in [5.74, 6) is -0.556. The molecule has 0 unspecified atom stereocenters. The highest BCUT2D eigenvalue weighted by molar-refractivity contribution is 7.20. The Kier molecular flexibility index (Phi) is 4.14. The number of aromatic nitrogens is 1. The van der Waals surface area contributed by atoms with E-state index < -0.39 is 11.9 Å². The molecule has 0 spiro atoms. The van der Waals surface area contributed by atoms with Crippen LogP contribution in [0.3, 0.4) is 0 Å². The van der Waals surface area contributed by atoms with Crippen molar-refractivity contribution >= 4 is 34.6 Å². The third kappa shape index (κ3) is 3.10. The summed E-state index contributed by atoms with van der Waals surface area (Å²) in [5.41, 5.74) is 0.773.